The zero-order valence-electron chi connectivity index (χ0n) is 10.4. The first-order valence-corrected chi connectivity index (χ1v) is 6.42. The van der Waals surface area contributed by atoms with Crippen molar-refractivity contribution >= 4 is 11.9 Å². The molecule has 0 aromatic rings. The third kappa shape index (κ3) is 1.55. The molecular weight excluding hydrogens is 216 g/mol. The van der Waals surface area contributed by atoms with Gasteiger partial charge < -0.3 is 4.74 Å². The van der Waals surface area contributed by atoms with Crippen molar-refractivity contribution in [2.75, 3.05) is 0 Å². The molecule has 2 bridgehead atoms. The number of carbonyl (C=O) groups excluding carboxylic acids is 2. The van der Waals surface area contributed by atoms with Crippen LogP contribution in [0, 0.1) is 23.2 Å². The highest BCUT2D eigenvalue weighted by molar-refractivity contribution is 5.94. The predicted molar refractivity (Wildman–Crippen MR) is 61.9 cm³/mol. The topological polar surface area (TPSA) is 43.4 Å². The first-order valence-electron chi connectivity index (χ1n) is 6.42. The van der Waals surface area contributed by atoms with Crippen molar-refractivity contribution in [1.82, 2.24) is 0 Å². The normalized spacial score (nSPS) is 38.5. The molecule has 2 fully saturated rings. The Morgan fingerprint density at radius 1 is 1.41 bits per heavy atom. The zero-order valence-corrected chi connectivity index (χ0v) is 10.4. The second-order valence-electron chi connectivity index (χ2n) is 6.22. The van der Waals surface area contributed by atoms with E-state index in [-0.39, 0.29) is 24.3 Å². The lowest BCUT2D eigenvalue weighted by atomic mass is 9.48. The number of carbonyl (C=O) groups is 2. The van der Waals surface area contributed by atoms with Gasteiger partial charge in [-0.15, -0.1) is 0 Å². The van der Waals surface area contributed by atoms with Gasteiger partial charge in [0, 0.05) is 0 Å². The van der Waals surface area contributed by atoms with Crippen molar-refractivity contribution in [3.05, 3.63) is 11.6 Å². The van der Waals surface area contributed by atoms with Gasteiger partial charge >= 0.3 is 11.9 Å². The van der Waals surface area contributed by atoms with Crippen LogP contribution in [0.5, 0.6) is 0 Å². The largest absolute Gasteiger partial charge is 0.393 e. The SMILES string of the molecule is CC1(C)[C@H]2CC=C(C[C@@H]3CC(=O)OC3=O)[C@@H]1C2. The number of esters is 2. The summed E-state index contributed by atoms with van der Waals surface area (Å²) in [7, 11) is 0. The molecule has 92 valence electrons. The predicted octanol–water partition coefficient (Wildman–Crippen LogP) is 2.46. The molecule has 0 spiro atoms. The molecule has 3 nitrogen and oxygen atoms in total. The van der Waals surface area contributed by atoms with Crippen LogP contribution in [0.2, 0.25) is 0 Å². The average molecular weight is 234 g/mol. The zero-order chi connectivity index (χ0) is 12.2. The van der Waals surface area contributed by atoms with Crippen LogP contribution in [-0.4, -0.2) is 11.9 Å². The number of ether oxygens (including phenoxy) is 1. The summed E-state index contributed by atoms with van der Waals surface area (Å²) in [6.07, 6.45) is 5.68. The molecule has 3 heteroatoms. The molecule has 17 heavy (non-hydrogen) atoms. The van der Waals surface area contributed by atoms with Gasteiger partial charge in [0.2, 0.25) is 0 Å². The third-order valence-electron chi connectivity index (χ3n) is 5.03. The van der Waals surface area contributed by atoms with Gasteiger partial charge in [0.05, 0.1) is 12.3 Å². The van der Waals surface area contributed by atoms with Crippen molar-refractivity contribution in [2.45, 2.75) is 39.5 Å². The quantitative estimate of drug-likeness (QED) is 0.419. The van der Waals surface area contributed by atoms with Gasteiger partial charge in [-0.1, -0.05) is 25.5 Å². The number of cyclic esters (lactones) is 2. The Bertz CT molecular complexity index is 419. The van der Waals surface area contributed by atoms with Crippen LogP contribution in [0.15, 0.2) is 11.6 Å². The molecule has 0 amide bonds. The Hall–Kier alpha value is -1.12. The minimum absolute atomic E-state index is 0.221. The number of rotatable bonds is 2. The summed E-state index contributed by atoms with van der Waals surface area (Å²) in [6, 6.07) is 0. The molecule has 0 radical (unpaired) electrons. The van der Waals surface area contributed by atoms with E-state index in [0.29, 0.717) is 11.3 Å². The first kappa shape index (κ1) is 11.0. The van der Waals surface area contributed by atoms with E-state index >= 15 is 0 Å². The second kappa shape index (κ2) is 3.44. The molecule has 3 aliphatic carbocycles. The van der Waals surface area contributed by atoms with E-state index in [9.17, 15) is 9.59 Å². The van der Waals surface area contributed by atoms with E-state index in [0.717, 1.165) is 18.8 Å². The number of fused-ring (bicyclic) bond motifs is 1. The van der Waals surface area contributed by atoms with Gasteiger partial charge in [-0.05, 0) is 36.5 Å². The van der Waals surface area contributed by atoms with Crippen molar-refractivity contribution in [3.8, 4) is 0 Å². The minimum Gasteiger partial charge on any atom is -0.393 e. The van der Waals surface area contributed by atoms with Crippen molar-refractivity contribution < 1.29 is 14.3 Å². The number of allylic oxidation sites excluding steroid dienone is 2. The van der Waals surface area contributed by atoms with Gasteiger partial charge in [-0.25, -0.2) is 0 Å². The highest BCUT2D eigenvalue weighted by atomic mass is 16.6. The molecule has 3 atom stereocenters. The standard InChI is InChI=1S/C14H18O3/c1-14(2)10-4-3-8(11(14)7-10)5-9-6-12(15)17-13(9)16/h3,9-11H,4-7H2,1-2H3/t9-,10+,11+/m1/s1. The molecular formula is C14H18O3. The minimum atomic E-state index is -0.359. The molecule has 4 aliphatic rings. The summed E-state index contributed by atoms with van der Waals surface area (Å²) in [5, 5.41) is 0. The summed E-state index contributed by atoms with van der Waals surface area (Å²) in [4.78, 5) is 22.5. The Labute approximate surface area is 101 Å². The summed E-state index contributed by atoms with van der Waals surface area (Å²) in [6.45, 7) is 4.63. The molecule has 4 rings (SSSR count). The van der Waals surface area contributed by atoms with Crippen molar-refractivity contribution in [2.24, 2.45) is 23.2 Å². The molecule has 1 saturated carbocycles. The van der Waals surface area contributed by atoms with Crippen LogP contribution in [0.4, 0.5) is 0 Å². The number of hydrogen-bond donors (Lipinski definition) is 0. The Balaban J connectivity index is 1.72. The van der Waals surface area contributed by atoms with Gasteiger partial charge in [0.15, 0.2) is 0 Å². The van der Waals surface area contributed by atoms with Crippen LogP contribution in [0.25, 0.3) is 0 Å². The Morgan fingerprint density at radius 3 is 2.71 bits per heavy atom. The fraction of sp³-hybridized carbons (Fsp3) is 0.714. The van der Waals surface area contributed by atoms with Crippen molar-refractivity contribution in [3.63, 3.8) is 0 Å². The lowest BCUT2D eigenvalue weighted by Crippen LogP contribution is -2.48. The van der Waals surface area contributed by atoms with Gasteiger partial charge in [0.1, 0.15) is 0 Å². The summed E-state index contributed by atoms with van der Waals surface area (Å²) < 4.78 is 4.61. The number of hydrogen-bond acceptors (Lipinski definition) is 3. The van der Waals surface area contributed by atoms with Gasteiger partial charge in [0.25, 0.3) is 0 Å². The lowest BCUT2D eigenvalue weighted by molar-refractivity contribution is -0.153. The Morgan fingerprint density at radius 2 is 2.18 bits per heavy atom. The first-order chi connectivity index (χ1) is 7.98. The third-order valence-corrected chi connectivity index (χ3v) is 5.03. The summed E-state index contributed by atoms with van der Waals surface area (Å²) >= 11 is 0. The molecule has 1 saturated heterocycles. The second-order valence-corrected chi connectivity index (χ2v) is 6.22. The molecule has 1 heterocycles. The molecule has 0 aromatic carbocycles. The van der Waals surface area contributed by atoms with Gasteiger partial charge in [-0.3, -0.25) is 9.59 Å². The maximum Gasteiger partial charge on any atom is 0.317 e. The van der Waals surface area contributed by atoms with Gasteiger partial charge in [-0.2, -0.15) is 0 Å². The average Bonchev–Trinajstić information content (AvgIpc) is 2.57. The van der Waals surface area contributed by atoms with Crippen LogP contribution in [-0.2, 0) is 14.3 Å². The monoisotopic (exact) mass is 234 g/mol. The van der Waals surface area contributed by atoms with E-state index in [1.54, 1.807) is 0 Å². The van der Waals surface area contributed by atoms with Crippen molar-refractivity contribution in [1.29, 1.82) is 0 Å². The highest BCUT2D eigenvalue weighted by Crippen LogP contribution is 2.60. The molecule has 0 N–H and O–H groups in total. The maximum atomic E-state index is 11.5. The van der Waals surface area contributed by atoms with E-state index in [2.05, 4.69) is 24.7 Å². The van der Waals surface area contributed by atoms with E-state index in [4.69, 9.17) is 0 Å². The summed E-state index contributed by atoms with van der Waals surface area (Å²) in [5.74, 6) is 0.525. The van der Waals surface area contributed by atoms with E-state index < -0.39 is 0 Å². The molecule has 0 unspecified atom stereocenters. The van der Waals surface area contributed by atoms with Crippen LogP contribution in [0.1, 0.15) is 39.5 Å². The summed E-state index contributed by atoms with van der Waals surface area (Å²) in [5.41, 5.74) is 1.77. The van der Waals surface area contributed by atoms with E-state index in [1.807, 2.05) is 0 Å². The fourth-order valence-corrected chi connectivity index (χ4v) is 3.67. The van der Waals surface area contributed by atoms with Crippen LogP contribution in [0.3, 0.4) is 0 Å². The van der Waals surface area contributed by atoms with Crippen LogP contribution < -0.4 is 0 Å². The maximum absolute atomic E-state index is 11.5. The molecule has 0 aromatic heterocycles. The molecule has 1 aliphatic heterocycles. The van der Waals surface area contributed by atoms with E-state index in [1.165, 1.54) is 12.0 Å². The lowest BCUT2D eigenvalue weighted by Gasteiger charge is -2.56. The Kier molecular flexibility index (Phi) is 2.22. The fourth-order valence-electron chi connectivity index (χ4n) is 3.67. The highest BCUT2D eigenvalue weighted by Gasteiger charge is 2.51. The van der Waals surface area contributed by atoms with Crippen LogP contribution >= 0.6 is 0 Å². The smallest absolute Gasteiger partial charge is 0.317 e.